The van der Waals surface area contributed by atoms with Crippen LogP contribution in [0.5, 0.6) is 0 Å². The van der Waals surface area contributed by atoms with Crippen LogP contribution >= 0.6 is 11.8 Å². The molecule has 0 bridgehead atoms. The number of hydrogen-bond acceptors (Lipinski definition) is 6. The predicted octanol–water partition coefficient (Wildman–Crippen LogP) is 3.29. The minimum atomic E-state index is -0.138. The average Bonchev–Trinajstić information content (AvgIpc) is 3.20. The molecule has 7 nitrogen and oxygen atoms in total. The van der Waals surface area contributed by atoms with Crippen molar-refractivity contribution in [3.63, 3.8) is 0 Å². The highest BCUT2D eigenvalue weighted by atomic mass is 32.2. The largest absolute Gasteiger partial charge is 0.401 e. The van der Waals surface area contributed by atoms with Crippen LogP contribution in [0.25, 0.3) is 11.6 Å². The first-order chi connectivity index (χ1) is 12.1. The molecule has 2 aromatic heterocycles. The normalized spacial score (nSPS) is 10.8. The Labute approximate surface area is 149 Å². The van der Waals surface area contributed by atoms with Crippen LogP contribution < -0.4 is 5.32 Å². The van der Waals surface area contributed by atoms with E-state index >= 15 is 0 Å². The molecule has 1 aromatic carbocycles. The fourth-order valence-corrected chi connectivity index (χ4v) is 3.04. The van der Waals surface area contributed by atoms with Crippen LogP contribution in [-0.4, -0.2) is 31.6 Å². The summed E-state index contributed by atoms with van der Waals surface area (Å²) in [4.78, 5) is 13.2. The molecular weight excluding hydrogens is 338 g/mol. The molecule has 0 aliphatic carbocycles. The maximum absolute atomic E-state index is 12.0. The van der Waals surface area contributed by atoms with Gasteiger partial charge in [0, 0.05) is 24.1 Å². The molecule has 8 heteroatoms. The molecule has 3 aromatic rings. The Morgan fingerprint density at radius 3 is 2.80 bits per heavy atom. The number of aromatic nitrogens is 4. The molecule has 0 aliphatic heterocycles. The van der Waals surface area contributed by atoms with Gasteiger partial charge in [0.2, 0.25) is 5.91 Å². The molecule has 0 radical (unpaired) electrons. The third-order valence-electron chi connectivity index (χ3n) is 3.56. The first-order valence-corrected chi connectivity index (χ1v) is 8.92. The topological polar surface area (TPSA) is 85.8 Å². The van der Waals surface area contributed by atoms with Crippen molar-refractivity contribution in [3.8, 4) is 11.6 Å². The van der Waals surface area contributed by atoms with Gasteiger partial charge in [-0.05, 0) is 37.3 Å². The molecule has 25 heavy (non-hydrogen) atoms. The van der Waals surface area contributed by atoms with E-state index in [2.05, 4.69) is 32.7 Å². The van der Waals surface area contributed by atoms with E-state index < -0.39 is 0 Å². The van der Waals surface area contributed by atoms with E-state index in [0.29, 0.717) is 18.0 Å². The number of amides is 1. The quantitative estimate of drug-likeness (QED) is 0.516. The van der Waals surface area contributed by atoms with Crippen LogP contribution in [0.2, 0.25) is 0 Å². The van der Waals surface area contributed by atoms with Gasteiger partial charge >= 0.3 is 6.01 Å². The third-order valence-corrected chi connectivity index (χ3v) is 4.66. The van der Waals surface area contributed by atoms with Gasteiger partial charge in [-0.25, -0.2) is 0 Å². The maximum atomic E-state index is 12.0. The zero-order valence-electron chi connectivity index (χ0n) is 14.1. The van der Waals surface area contributed by atoms with Crippen LogP contribution in [0.3, 0.4) is 0 Å². The number of aryl methyl sites for hydroxylation is 2. The van der Waals surface area contributed by atoms with Crippen molar-refractivity contribution in [3.05, 3.63) is 42.1 Å². The van der Waals surface area contributed by atoms with Crippen LogP contribution in [-0.2, 0) is 11.8 Å². The number of carbonyl (C=O) groups is 1. The van der Waals surface area contributed by atoms with E-state index in [-0.39, 0.29) is 11.9 Å². The summed E-state index contributed by atoms with van der Waals surface area (Å²) in [5.41, 5.74) is 1.57. The highest BCUT2D eigenvalue weighted by Gasteiger charge is 2.14. The Bertz CT molecular complexity index is 824. The molecule has 3 rings (SSSR count). The summed E-state index contributed by atoms with van der Waals surface area (Å²) in [5.74, 6) is 1.03. The molecule has 0 spiro atoms. The second-order valence-electron chi connectivity index (χ2n) is 5.52. The number of thioether (sulfide) groups is 1. The molecule has 0 saturated heterocycles. The molecule has 2 heterocycles. The predicted molar refractivity (Wildman–Crippen MR) is 96.3 cm³/mol. The first kappa shape index (κ1) is 17.2. The Kier molecular flexibility index (Phi) is 5.49. The summed E-state index contributed by atoms with van der Waals surface area (Å²) in [7, 11) is 1.84. The van der Waals surface area contributed by atoms with E-state index in [9.17, 15) is 4.79 Å². The van der Waals surface area contributed by atoms with Gasteiger partial charge in [-0.2, -0.15) is 5.10 Å². The molecule has 0 fully saturated rings. The van der Waals surface area contributed by atoms with Crippen molar-refractivity contribution in [2.45, 2.75) is 24.7 Å². The standard InChI is InChI=1S/C17H19N5O2S/c1-12-11-14(21-22(12)2)16-19-20-17(24-16)18-15(23)9-6-10-25-13-7-4-3-5-8-13/h3-5,7-8,11H,6,9-10H2,1-2H3,(H,18,20,23). The Hall–Kier alpha value is -2.61. The van der Waals surface area contributed by atoms with Gasteiger partial charge in [-0.1, -0.05) is 23.3 Å². The van der Waals surface area contributed by atoms with Gasteiger partial charge in [0.15, 0.2) is 0 Å². The molecule has 1 amide bonds. The average molecular weight is 357 g/mol. The Morgan fingerprint density at radius 2 is 2.08 bits per heavy atom. The zero-order chi connectivity index (χ0) is 17.6. The lowest BCUT2D eigenvalue weighted by Crippen LogP contribution is -2.11. The van der Waals surface area contributed by atoms with Crippen molar-refractivity contribution in [1.82, 2.24) is 20.0 Å². The molecule has 0 saturated carbocycles. The van der Waals surface area contributed by atoms with Crippen molar-refractivity contribution < 1.29 is 9.21 Å². The zero-order valence-corrected chi connectivity index (χ0v) is 14.9. The van der Waals surface area contributed by atoms with Gasteiger partial charge in [-0.15, -0.1) is 16.9 Å². The van der Waals surface area contributed by atoms with Crippen LogP contribution in [0.1, 0.15) is 18.5 Å². The van der Waals surface area contributed by atoms with Crippen molar-refractivity contribution in [2.24, 2.45) is 7.05 Å². The smallest absolute Gasteiger partial charge is 0.322 e. The van der Waals surface area contributed by atoms with Gasteiger partial charge in [0.25, 0.3) is 5.89 Å². The number of benzene rings is 1. The Morgan fingerprint density at radius 1 is 1.28 bits per heavy atom. The molecule has 0 unspecified atom stereocenters. The van der Waals surface area contributed by atoms with E-state index in [1.54, 1.807) is 16.4 Å². The maximum Gasteiger partial charge on any atom is 0.322 e. The van der Waals surface area contributed by atoms with Crippen LogP contribution in [0.4, 0.5) is 6.01 Å². The number of anilines is 1. The molecular formula is C17H19N5O2S. The highest BCUT2D eigenvalue weighted by molar-refractivity contribution is 7.99. The SMILES string of the molecule is Cc1cc(-c2nnc(NC(=O)CCCSc3ccccc3)o2)nn1C. The third kappa shape index (κ3) is 4.69. The van der Waals surface area contributed by atoms with E-state index in [1.165, 1.54) is 4.90 Å². The second-order valence-corrected chi connectivity index (χ2v) is 6.69. The van der Waals surface area contributed by atoms with E-state index in [1.807, 2.05) is 38.2 Å². The fourth-order valence-electron chi connectivity index (χ4n) is 2.16. The van der Waals surface area contributed by atoms with Gasteiger partial charge in [0.05, 0.1) is 0 Å². The summed E-state index contributed by atoms with van der Waals surface area (Å²) in [6, 6.07) is 12.1. The van der Waals surface area contributed by atoms with Gasteiger partial charge < -0.3 is 4.42 Å². The fraction of sp³-hybridized carbons (Fsp3) is 0.294. The van der Waals surface area contributed by atoms with Gasteiger partial charge in [0.1, 0.15) is 5.69 Å². The van der Waals surface area contributed by atoms with E-state index in [0.717, 1.165) is 17.9 Å². The molecule has 1 N–H and O–H groups in total. The van der Waals surface area contributed by atoms with Crippen molar-refractivity contribution in [2.75, 3.05) is 11.1 Å². The summed E-state index contributed by atoms with van der Waals surface area (Å²) in [5, 5.41) is 14.7. The number of nitrogens with zero attached hydrogens (tertiary/aromatic N) is 4. The minimum Gasteiger partial charge on any atom is -0.401 e. The molecule has 130 valence electrons. The van der Waals surface area contributed by atoms with Crippen molar-refractivity contribution >= 4 is 23.7 Å². The summed E-state index contributed by atoms with van der Waals surface area (Å²) in [6.07, 6.45) is 1.17. The monoisotopic (exact) mass is 357 g/mol. The summed E-state index contributed by atoms with van der Waals surface area (Å²) >= 11 is 1.73. The lowest BCUT2D eigenvalue weighted by Gasteiger charge is -2.01. The lowest BCUT2D eigenvalue weighted by atomic mass is 10.3. The molecule has 0 aliphatic rings. The number of nitrogens with one attached hydrogen (secondary N) is 1. The second kappa shape index (κ2) is 7.98. The number of hydrogen-bond donors (Lipinski definition) is 1. The van der Waals surface area contributed by atoms with Gasteiger partial charge in [-0.3, -0.25) is 14.8 Å². The number of rotatable bonds is 7. The minimum absolute atomic E-state index is 0.0963. The van der Waals surface area contributed by atoms with Crippen LogP contribution in [0, 0.1) is 6.92 Å². The van der Waals surface area contributed by atoms with Crippen LogP contribution in [0.15, 0.2) is 45.7 Å². The number of carbonyl (C=O) groups excluding carboxylic acids is 1. The lowest BCUT2D eigenvalue weighted by molar-refractivity contribution is -0.116. The first-order valence-electron chi connectivity index (χ1n) is 7.94. The highest BCUT2D eigenvalue weighted by Crippen LogP contribution is 2.20. The van der Waals surface area contributed by atoms with Crippen molar-refractivity contribution in [1.29, 1.82) is 0 Å². The molecule has 0 atom stereocenters. The summed E-state index contributed by atoms with van der Waals surface area (Å²) < 4.78 is 7.17. The Balaban J connectivity index is 1.45. The van der Waals surface area contributed by atoms with E-state index in [4.69, 9.17) is 4.42 Å². The summed E-state index contributed by atoms with van der Waals surface area (Å²) in [6.45, 7) is 1.93.